The third kappa shape index (κ3) is 4.67. The Labute approximate surface area is 150 Å². The number of carbonyl (C=O) groups excluding carboxylic acids is 2. The van der Waals surface area contributed by atoms with Crippen LogP contribution in [0.1, 0.15) is 10.4 Å². The number of amides is 2. The topological polar surface area (TPSA) is 80.3 Å². The van der Waals surface area contributed by atoms with E-state index in [1.54, 1.807) is 60.9 Å². The van der Waals surface area contributed by atoms with Gasteiger partial charge in [0.1, 0.15) is 5.75 Å². The van der Waals surface area contributed by atoms with Gasteiger partial charge in [-0.05, 0) is 36.4 Å². The number of para-hydroxylation sites is 2. The molecule has 0 atom stereocenters. The first-order valence-corrected chi connectivity index (χ1v) is 8.00. The molecule has 6 nitrogen and oxygen atoms in total. The Morgan fingerprint density at radius 3 is 2.42 bits per heavy atom. The summed E-state index contributed by atoms with van der Waals surface area (Å²) in [5, 5.41) is 5.45. The zero-order valence-corrected chi connectivity index (χ0v) is 13.9. The van der Waals surface area contributed by atoms with E-state index < -0.39 is 0 Å². The Morgan fingerprint density at radius 2 is 1.65 bits per heavy atom. The largest absolute Gasteiger partial charge is 0.484 e. The van der Waals surface area contributed by atoms with E-state index >= 15 is 0 Å². The number of nitrogens with one attached hydrogen (secondary N) is 2. The highest BCUT2D eigenvalue weighted by Crippen LogP contribution is 2.17. The molecule has 0 bridgehead atoms. The highest BCUT2D eigenvalue weighted by Gasteiger charge is 2.13. The Hall–Kier alpha value is -3.67. The molecule has 2 aromatic carbocycles. The molecule has 2 amide bonds. The van der Waals surface area contributed by atoms with Gasteiger partial charge in [-0.1, -0.05) is 30.3 Å². The molecule has 26 heavy (non-hydrogen) atoms. The van der Waals surface area contributed by atoms with Crippen LogP contribution in [0.15, 0.2) is 79.1 Å². The van der Waals surface area contributed by atoms with Gasteiger partial charge in [0, 0.05) is 6.20 Å². The van der Waals surface area contributed by atoms with Gasteiger partial charge in [0.05, 0.1) is 23.1 Å². The highest BCUT2D eigenvalue weighted by molar-refractivity contribution is 6.10. The number of benzene rings is 2. The number of aromatic nitrogens is 1. The fraction of sp³-hybridized carbons (Fsp3) is 0.0500. The molecule has 0 radical (unpaired) electrons. The summed E-state index contributed by atoms with van der Waals surface area (Å²) < 4.78 is 5.42. The van der Waals surface area contributed by atoms with Crippen LogP contribution in [0, 0.1) is 0 Å². The summed E-state index contributed by atoms with van der Waals surface area (Å²) in [7, 11) is 0. The summed E-state index contributed by atoms with van der Waals surface area (Å²) in [6.45, 7) is -0.150. The van der Waals surface area contributed by atoms with Gasteiger partial charge < -0.3 is 15.4 Å². The van der Waals surface area contributed by atoms with Crippen molar-refractivity contribution in [1.29, 1.82) is 0 Å². The van der Waals surface area contributed by atoms with Crippen LogP contribution in [0.2, 0.25) is 0 Å². The van der Waals surface area contributed by atoms with Gasteiger partial charge in [0.25, 0.3) is 11.8 Å². The second kappa shape index (κ2) is 8.43. The first-order chi connectivity index (χ1) is 12.7. The molecule has 2 N–H and O–H groups in total. The van der Waals surface area contributed by atoms with Gasteiger partial charge in [0.2, 0.25) is 0 Å². The number of hydrogen-bond donors (Lipinski definition) is 2. The first kappa shape index (κ1) is 17.2. The highest BCUT2D eigenvalue weighted by atomic mass is 16.5. The molecule has 0 saturated heterocycles. The van der Waals surface area contributed by atoms with Crippen LogP contribution in [-0.4, -0.2) is 23.4 Å². The summed E-state index contributed by atoms with van der Waals surface area (Å²) >= 11 is 0. The summed E-state index contributed by atoms with van der Waals surface area (Å²) in [4.78, 5) is 28.6. The van der Waals surface area contributed by atoms with Crippen molar-refractivity contribution in [2.45, 2.75) is 0 Å². The molecule has 3 aromatic rings. The molecule has 3 rings (SSSR count). The van der Waals surface area contributed by atoms with E-state index in [4.69, 9.17) is 4.74 Å². The molecule has 6 heteroatoms. The van der Waals surface area contributed by atoms with Crippen LogP contribution in [0.25, 0.3) is 0 Å². The van der Waals surface area contributed by atoms with Crippen molar-refractivity contribution in [3.8, 4) is 5.75 Å². The Balaban J connectivity index is 1.65. The number of carbonyl (C=O) groups is 2. The molecule has 0 aliphatic heterocycles. The molecule has 0 spiro atoms. The van der Waals surface area contributed by atoms with E-state index in [0.717, 1.165) is 0 Å². The van der Waals surface area contributed by atoms with Gasteiger partial charge in [-0.15, -0.1) is 0 Å². The lowest BCUT2D eigenvalue weighted by atomic mass is 10.1. The van der Waals surface area contributed by atoms with E-state index in [0.29, 0.717) is 22.7 Å². The van der Waals surface area contributed by atoms with Crippen molar-refractivity contribution in [2.24, 2.45) is 0 Å². The lowest BCUT2D eigenvalue weighted by Crippen LogP contribution is -2.22. The first-order valence-electron chi connectivity index (χ1n) is 8.00. The molecule has 1 aromatic heterocycles. The Kier molecular flexibility index (Phi) is 5.57. The molecule has 130 valence electrons. The van der Waals surface area contributed by atoms with Gasteiger partial charge in [-0.2, -0.15) is 0 Å². The average Bonchev–Trinajstić information content (AvgIpc) is 2.68. The maximum atomic E-state index is 12.5. The lowest BCUT2D eigenvalue weighted by Gasteiger charge is -2.12. The number of ether oxygens (including phenoxy) is 1. The molecule has 0 saturated carbocycles. The van der Waals surface area contributed by atoms with Crippen molar-refractivity contribution < 1.29 is 14.3 Å². The second-order valence-corrected chi connectivity index (χ2v) is 5.39. The summed E-state index contributed by atoms with van der Waals surface area (Å²) in [5.74, 6) is -0.0846. The van der Waals surface area contributed by atoms with Gasteiger partial charge in [0.15, 0.2) is 6.61 Å². The minimum Gasteiger partial charge on any atom is -0.484 e. The molecule has 0 aliphatic carbocycles. The Morgan fingerprint density at radius 1 is 0.885 bits per heavy atom. The number of anilines is 2. The van der Waals surface area contributed by atoms with E-state index in [9.17, 15) is 9.59 Å². The predicted octanol–water partition coefficient (Wildman–Crippen LogP) is 3.35. The van der Waals surface area contributed by atoms with Gasteiger partial charge in [-0.3, -0.25) is 14.6 Å². The monoisotopic (exact) mass is 347 g/mol. The van der Waals surface area contributed by atoms with Crippen LogP contribution in [0.4, 0.5) is 11.4 Å². The second-order valence-electron chi connectivity index (χ2n) is 5.39. The van der Waals surface area contributed by atoms with Crippen LogP contribution in [0.5, 0.6) is 5.75 Å². The predicted molar refractivity (Wildman–Crippen MR) is 99.2 cm³/mol. The quantitative estimate of drug-likeness (QED) is 0.716. The SMILES string of the molecule is O=C(COc1ccccc1)Nc1ccccc1C(=O)Nc1cccnc1. The third-order valence-corrected chi connectivity index (χ3v) is 3.48. The maximum absolute atomic E-state index is 12.5. The van der Waals surface area contributed by atoms with Crippen LogP contribution < -0.4 is 15.4 Å². The maximum Gasteiger partial charge on any atom is 0.262 e. The van der Waals surface area contributed by atoms with E-state index in [1.807, 2.05) is 18.2 Å². The van der Waals surface area contributed by atoms with Crippen LogP contribution >= 0.6 is 0 Å². The minimum atomic E-state index is -0.351. The zero-order chi connectivity index (χ0) is 18.2. The molecule has 1 heterocycles. The number of hydrogen-bond acceptors (Lipinski definition) is 4. The smallest absolute Gasteiger partial charge is 0.262 e. The van der Waals surface area contributed by atoms with E-state index in [2.05, 4.69) is 15.6 Å². The Bertz CT molecular complexity index is 883. The molecular weight excluding hydrogens is 330 g/mol. The normalized spacial score (nSPS) is 10.0. The zero-order valence-electron chi connectivity index (χ0n) is 13.9. The van der Waals surface area contributed by atoms with Crippen molar-refractivity contribution in [1.82, 2.24) is 4.98 Å². The summed E-state index contributed by atoms with van der Waals surface area (Å²) in [6.07, 6.45) is 3.17. The van der Waals surface area contributed by atoms with Crippen molar-refractivity contribution in [2.75, 3.05) is 17.2 Å². The minimum absolute atomic E-state index is 0.150. The molecule has 0 aliphatic rings. The average molecular weight is 347 g/mol. The molecule has 0 unspecified atom stereocenters. The van der Waals surface area contributed by atoms with Crippen LogP contribution in [-0.2, 0) is 4.79 Å². The van der Waals surface area contributed by atoms with Crippen LogP contribution in [0.3, 0.4) is 0 Å². The van der Waals surface area contributed by atoms with E-state index in [1.165, 1.54) is 0 Å². The molecular formula is C20H17N3O3. The fourth-order valence-electron chi connectivity index (χ4n) is 2.28. The standard InChI is InChI=1S/C20H17N3O3/c24-19(14-26-16-8-2-1-3-9-16)23-18-11-5-4-10-17(18)20(25)22-15-7-6-12-21-13-15/h1-13H,14H2,(H,22,25)(H,23,24). The number of nitrogens with zero attached hydrogens (tertiary/aromatic N) is 1. The van der Waals surface area contributed by atoms with Crippen molar-refractivity contribution >= 4 is 23.2 Å². The summed E-state index contributed by atoms with van der Waals surface area (Å²) in [6, 6.07) is 19.3. The summed E-state index contributed by atoms with van der Waals surface area (Å²) in [5.41, 5.74) is 1.34. The van der Waals surface area contributed by atoms with Gasteiger partial charge >= 0.3 is 0 Å². The fourth-order valence-corrected chi connectivity index (χ4v) is 2.28. The third-order valence-electron chi connectivity index (χ3n) is 3.48. The lowest BCUT2D eigenvalue weighted by molar-refractivity contribution is -0.118. The number of pyridine rings is 1. The van der Waals surface area contributed by atoms with Gasteiger partial charge in [-0.25, -0.2) is 0 Å². The number of rotatable bonds is 6. The molecule has 0 fully saturated rings. The van der Waals surface area contributed by atoms with Crippen molar-refractivity contribution in [3.05, 3.63) is 84.7 Å². The van der Waals surface area contributed by atoms with Crippen molar-refractivity contribution in [3.63, 3.8) is 0 Å². The van der Waals surface area contributed by atoms with E-state index in [-0.39, 0.29) is 18.4 Å².